The number of aliphatic hydroxyl groups is 1. The van der Waals surface area contributed by atoms with E-state index in [0.29, 0.717) is 5.92 Å². The average molecular weight is 540 g/mol. The summed E-state index contributed by atoms with van der Waals surface area (Å²) in [6.45, 7) is 2.15. The molecule has 0 bridgehead atoms. The fourth-order valence-corrected chi connectivity index (χ4v) is 4.62. The maximum absolute atomic E-state index is 15.4. The van der Waals surface area contributed by atoms with E-state index in [4.69, 9.17) is 18.8 Å². The van der Waals surface area contributed by atoms with E-state index in [1.165, 1.54) is 6.92 Å². The van der Waals surface area contributed by atoms with Gasteiger partial charge in [0, 0.05) is 12.3 Å². The average Bonchev–Trinajstić information content (AvgIpc) is 3.67. The monoisotopic (exact) mass is 540 g/mol. The van der Waals surface area contributed by atoms with Crippen molar-refractivity contribution >= 4 is 14.1 Å². The van der Waals surface area contributed by atoms with Gasteiger partial charge in [0.05, 0.1) is 6.61 Å². The number of hydroxylamine groups is 1. The molecule has 1 aliphatic heterocycles. The van der Waals surface area contributed by atoms with Gasteiger partial charge in [0.25, 0.3) is 5.56 Å². The maximum Gasteiger partial charge on any atom is 0.653 e. The lowest BCUT2D eigenvalue weighted by Crippen LogP contribution is -2.43. The second-order valence-electron chi connectivity index (χ2n) is 9.13. The summed E-state index contributed by atoms with van der Waals surface area (Å²) in [5, 5.41) is 10.5. The molecule has 0 spiro atoms. The van der Waals surface area contributed by atoms with Crippen molar-refractivity contribution in [2.45, 2.75) is 56.8 Å². The first-order valence-electron chi connectivity index (χ1n) is 11.7. The number of hydrogen-bond donors (Lipinski definition) is 2. The molecule has 0 amide bonds. The Morgan fingerprint density at radius 2 is 2.00 bits per heavy atom. The van der Waals surface area contributed by atoms with Gasteiger partial charge in [-0.2, -0.15) is 0 Å². The lowest BCUT2D eigenvalue weighted by molar-refractivity contribution is -0.155. The first-order valence-corrected chi connectivity index (χ1v) is 12.8. The molecule has 14 heteroatoms. The van der Waals surface area contributed by atoms with Crippen LogP contribution in [0.5, 0.6) is 5.75 Å². The second kappa shape index (κ2) is 11.2. The fourth-order valence-electron chi connectivity index (χ4n) is 3.70. The van der Waals surface area contributed by atoms with Crippen molar-refractivity contribution in [1.29, 1.82) is 0 Å². The minimum Gasteiger partial charge on any atom is -0.464 e. The number of carbonyl (C=O) groups excluding carboxylic acids is 1. The van der Waals surface area contributed by atoms with E-state index in [2.05, 4.69) is 0 Å². The zero-order valence-electron chi connectivity index (χ0n) is 20.2. The highest BCUT2D eigenvalue weighted by Crippen LogP contribution is 2.42. The Labute approximate surface area is 211 Å². The number of rotatable bonds is 11. The van der Waals surface area contributed by atoms with Crippen LogP contribution in [0.3, 0.4) is 0 Å². The van der Waals surface area contributed by atoms with Crippen molar-refractivity contribution in [2.75, 3.05) is 13.2 Å². The summed E-state index contributed by atoms with van der Waals surface area (Å²) < 4.78 is 45.5. The number of halogens is 1. The molecule has 2 heterocycles. The SMILES string of the molecule is CC(C(=O)OCC1CC1)N(Oc1ccccc1)[P+](=O)OC[C@H]1O[C@@H](n2ccc(=O)[nH]c2=O)[C@](C)(F)[C@@H]1O. The highest BCUT2D eigenvalue weighted by molar-refractivity contribution is 7.36. The van der Waals surface area contributed by atoms with Crippen molar-refractivity contribution in [3.63, 3.8) is 0 Å². The molecule has 2 aliphatic rings. The number of nitrogens with zero attached hydrogens (tertiary/aromatic N) is 2. The number of alkyl halides is 1. The van der Waals surface area contributed by atoms with Crippen LogP contribution in [0.2, 0.25) is 0 Å². The Hall–Kier alpha value is -2.96. The van der Waals surface area contributed by atoms with Crippen LogP contribution in [0, 0.1) is 5.92 Å². The topological polar surface area (TPSA) is 149 Å². The van der Waals surface area contributed by atoms with E-state index in [1.54, 1.807) is 30.3 Å². The molecule has 6 atom stereocenters. The quantitative estimate of drug-likeness (QED) is 0.246. The van der Waals surface area contributed by atoms with E-state index in [0.717, 1.165) is 41.4 Å². The number of H-pyrrole nitrogens is 1. The lowest BCUT2D eigenvalue weighted by atomic mass is 9.98. The Morgan fingerprint density at radius 3 is 2.65 bits per heavy atom. The molecule has 2 aromatic rings. The van der Waals surface area contributed by atoms with Gasteiger partial charge < -0.3 is 19.4 Å². The molecular weight excluding hydrogens is 512 g/mol. The Balaban J connectivity index is 1.45. The van der Waals surface area contributed by atoms with Crippen molar-refractivity contribution in [3.05, 3.63) is 63.4 Å². The number of aliphatic hydroxyl groups excluding tert-OH is 1. The fraction of sp³-hybridized carbons (Fsp3) is 0.522. The number of para-hydroxylation sites is 1. The molecule has 4 rings (SSSR count). The highest BCUT2D eigenvalue weighted by atomic mass is 31.1. The minimum absolute atomic E-state index is 0.253. The second-order valence-corrected chi connectivity index (χ2v) is 10.3. The lowest BCUT2D eigenvalue weighted by Gasteiger charge is -2.24. The van der Waals surface area contributed by atoms with Gasteiger partial charge in [-0.15, -0.1) is 4.52 Å². The van der Waals surface area contributed by atoms with Crippen molar-refractivity contribution in [3.8, 4) is 5.75 Å². The predicted octanol–water partition coefficient (Wildman–Crippen LogP) is 1.83. The first kappa shape index (κ1) is 27.1. The van der Waals surface area contributed by atoms with Gasteiger partial charge in [-0.1, -0.05) is 18.2 Å². The van der Waals surface area contributed by atoms with Crippen LogP contribution in [0.25, 0.3) is 0 Å². The van der Waals surface area contributed by atoms with Crippen LogP contribution < -0.4 is 16.1 Å². The maximum atomic E-state index is 15.4. The minimum atomic E-state index is -2.86. The number of carbonyl (C=O) groups is 1. The predicted molar refractivity (Wildman–Crippen MR) is 126 cm³/mol. The van der Waals surface area contributed by atoms with Gasteiger partial charge in [-0.05, 0) is 49.3 Å². The number of nitrogens with one attached hydrogen (secondary N) is 1. The van der Waals surface area contributed by atoms with Crippen LogP contribution in [-0.2, 0) is 23.4 Å². The summed E-state index contributed by atoms with van der Waals surface area (Å²) in [6, 6.07) is 8.17. The summed E-state index contributed by atoms with van der Waals surface area (Å²) in [5.74, 6) is -0.0633. The van der Waals surface area contributed by atoms with Crippen LogP contribution in [0.4, 0.5) is 4.39 Å². The molecule has 1 aliphatic carbocycles. The summed E-state index contributed by atoms with van der Waals surface area (Å²) in [4.78, 5) is 44.5. The first-order chi connectivity index (χ1) is 17.6. The third-order valence-electron chi connectivity index (χ3n) is 6.10. The smallest absolute Gasteiger partial charge is 0.464 e. The third-order valence-corrected chi connectivity index (χ3v) is 7.22. The van der Waals surface area contributed by atoms with E-state index in [-0.39, 0.29) is 12.4 Å². The molecular formula is C23H28FN3O9P+. The molecule has 2 unspecified atom stereocenters. The van der Waals surface area contributed by atoms with Gasteiger partial charge in [0.1, 0.15) is 23.6 Å². The summed E-state index contributed by atoms with van der Waals surface area (Å²) in [6.07, 6.45) is -1.70. The molecule has 1 aromatic carbocycles. The highest BCUT2D eigenvalue weighted by Gasteiger charge is 2.56. The van der Waals surface area contributed by atoms with Gasteiger partial charge in [0.2, 0.25) is 0 Å². The molecule has 2 N–H and O–H groups in total. The third kappa shape index (κ3) is 6.31. The normalized spacial score (nSPS) is 26.6. The van der Waals surface area contributed by atoms with E-state index < -0.39 is 62.2 Å². The summed E-state index contributed by atoms with van der Waals surface area (Å²) in [5.41, 5.74) is -4.07. The molecule has 1 saturated carbocycles. The molecule has 12 nitrogen and oxygen atoms in total. The zero-order chi connectivity index (χ0) is 26.7. The standard InChI is InChI=1S/C23H27FN3O9P/c1-14(20(30)33-12-15-8-9-15)27(36-16-6-4-3-5-7-16)37(32)34-13-17-19(29)23(2,24)21(35-17)26-11-10-18(28)25-22(26)31/h3-7,10-11,14-15,17,19,21,29H,8-9,12-13H2,1-2H3/p+1/t14?,17-,19-,21-,23-/m1/s1. The van der Waals surface area contributed by atoms with Crippen LogP contribution in [-0.4, -0.2) is 62.6 Å². The molecule has 200 valence electrons. The Bertz CT molecular complexity index is 1230. The molecule has 37 heavy (non-hydrogen) atoms. The summed E-state index contributed by atoms with van der Waals surface area (Å²) >= 11 is 0. The van der Waals surface area contributed by atoms with Crippen LogP contribution in [0.15, 0.2) is 52.2 Å². The van der Waals surface area contributed by atoms with Gasteiger partial charge in [-0.3, -0.25) is 19.1 Å². The van der Waals surface area contributed by atoms with E-state index in [9.17, 15) is 24.1 Å². The van der Waals surface area contributed by atoms with Crippen molar-refractivity contribution in [1.82, 2.24) is 14.4 Å². The summed E-state index contributed by atoms with van der Waals surface area (Å²) in [7, 11) is -2.86. The van der Waals surface area contributed by atoms with Crippen LogP contribution in [0.1, 0.15) is 32.9 Å². The number of hydrogen-bond acceptors (Lipinski definition) is 9. The molecule has 2 fully saturated rings. The zero-order valence-corrected chi connectivity index (χ0v) is 21.1. The van der Waals surface area contributed by atoms with Crippen LogP contribution >= 0.6 is 8.18 Å². The van der Waals surface area contributed by atoms with E-state index in [1.807, 2.05) is 4.98 Å². The number of ether oxygens (including phenoxy) is 2. The van der Waals surface area contributed by atoms with Gasteiger partial charge in [-0.25, -0.2) is 9.18 Å². The number of esters is 1. The van der Waals surface area contributed by atoms with Crippen molar-refractivity contribution in [2.24, 2.45) is 5.92 Å². The Kier molecular flexibility index (Phi) is 8.20. The van der Waals surface area contributed by atoms with Crippen molar-refractivity contribution < 1.29 is 37.7 Å². The van der Waals surface area contributed by atoms with Gasteiger partial charge in [0.15, 0.2) is 23.7 Å². The number of aromatic amines is 1. The molecule has 0 radical (unpaired) electrons. The molecule has 1 saturated heterocycles. The number of benzene rings is 1. The largest absolute Gasteiger partial charge is 0.653 e. The molecule has 1 aromatic heterocycles. The van der Waals surface area contributed by atoms with Gasteiger partial charge >= 0.3 is 19.8 Å². The Morgan fingerprint density at radius 1 is 1.30 bits per heavy atom. The van der Waals surface area contributed by atoms with E-state index >= 15 is 4.39 Å². The number of aromatic nitrogens is 2.